The minimum absolute atomic E-state index is 0.00910. The number of rotatable bonds is 4. The number of ether oxygens (including phenoxy) is 1. The van der Waals surface area contributed by atoms with Gasteiger partial charge in [0.15, 0.2) is 0 Å². The third kappa shape index (κ3) is 3.51. The first kappa shape index (κ1) is 17.5. The molecular weight excluding hydrogens is 370 g/mol. The summed E-state index contributed by atoms with van der Waals surface area (Å²) in [6.07, 6.45) is 0.727. The Kier molecular flexibility index (Phi) is 4.33. The number of aromatic amines is 2. The van der Waals surface area contributed by atoms with Crippen LogP contribution in [-0.4, -0.2) is 31.5 Å². The summed E-state index contributed by atoms with van der Waals surface area (Å²) in [5, 5.41) is 0. The van der Waals surface area contributed by atoms with Gasteiger partial charge in [-0.2, -0.15) is 0 Å². The second-order valence-electron chi connectivity index (χ2n) is 6.46. The number of hydrogen-bond acceptors (Lipinski definition) is 5. The van der Waals surface area contributed by atoms with Gasteiger partial charge in [-0.05, 0) is 36.2 Å². The molecule has 0 amide bonds. The van der Waals surface area contributed by atoms with Gasteiger partial charge in [0.1, 0.15) is 5.75 Å². The summed E-state index contributed by atoms with van der Waals surface area (Å²) in [4.78, 5) is 27.6. The average Bonchev–Trinajstić information content (AvgIpc) is 2.67. The van der Waals surface area contributed by atoms with Gasteiger partial charge < -0.3 is 14.7 Å². The van der Waals surface area contributed by atoms with E-state index in [1.54, 1.807) is 0 Å². The summed E-state index contributed by atoms with van der Waals surface area (Å²) in [6.45, 7) is 0.669. The molecule has 1 atom stereocenters. The lowest BCUT2D eigenvalue weighted by molar-refractivity contribution is 0.223. The maximum Gasteiger partial charge on any atom is 0.314 e. The molecule has 3 aromatic rings. The Morgan fingerprint density at radius 1 is 1.04 bits per heavy atom. The summed E-state index contributed by atoms with van der Waals surface area (Å²) < 4.78 is 33.5. The minimum atomic E-state index is -3.77. The minimum Gasteiger partial charge on any atom is -0.493 e. The third-order valence-electron chi connectivity index (χ3n) is 4.52. The Bertz CT molecular complexity index is 1230. The maximum atomic E-state index is 12.6. The first-order chi connectivity index (χ1) is 12.9. The molecule has 140 valence electrons. The smallest absolute Gasteiger partial charge is 0.314 e. The van der Waals surface area contributed by atoms with Crippen molar-refractivity contribution < 1.29 is 13.2 Å². The van der Waals surface area contributed by atoms with Crippen LogP contribution in [0.5, 0.6) is 5.75 Å². The molecule has 27 heavy (non-hydrogen) atoms. The zero-order valence-corrected chi connectivity index (χ0v) is 15.0. The van der Waals surface area contributed by atoms with Crippen molar-refractivity contribution in [1.29, 1.82) is 0 Å². The Morgan fingerprint density at radius 3 is 2.59 bits per heavy atom. The number of H-pyrrole nitrogens is 2. The van der Waals surface area contributed by atoms with Crippen LogP contribution in [-0.2, 0) is 16.4 Å². The molecular formula is C18H17N3O5S. The largest absolute Gasteiger partial charge is 0.493 e. The number of hydrogen-bond donors (Lipinski definition) is 3. The highest BCUT2D eigenvalue weighted by molar-refractivity contribution is 7.89. The summed E-state index contributed by atoms with van der Waals surface area (Å²) in [5.41, 5.74) is 0.0465. The van der Waals surface area contributed by atoms with E-state index in [1.807, 2.05) is 24.3 Å². The maximum absolute atomic E-state index is 12.6. The molecule has 4 rings (SSSR count). The van der Waals surface area contributed by atoms with Gasteiger partial charge in [0, 0.05) is 12.5 Å². The highest BCUT2D eigenvalue weighted by Gasteiger charge is 2.22. The van der Waals surface area contributed by atoms with Crippen molar-refractivity contribution in [3.8, 4) is 5.75 Å². The molecule has 0 saturated heterocycles. The van der Waals surface area contributed by atoms with Crippen LogP contribution in [0.4, 0.5) is 0 Å². The lowest BCUT2D eigenvalue weighted by Crippen LogP contribution is -2.35. The molecule has 1 aliphatic rings. The standard InChI is InChI=1S/C18H17N3O5S/c22-17-18(23)21-15-8-13(5-6-14(15)20-17)27(24,25)19-9-11-7-12-3-1-2-4-16(12)26-10-11/h1-6,8,11,19H,7,9-10H2,(H,20,22)(H,21,23)/t11-/m0/s1. The van der Waals surface area contributed by atoms with Gasteiger partial charge >= 0.3 is 11.1 Å². The molecule has 0 radical (unpaired) electrons. The molecule has 0 aliphatic carbocycles. The molecule has 9 heteroatoms. The lowest BCUT2D eigenvalue weighted by Gasteiger charge is -2.25. The molecule has 0 fully saturated rings. The van der Waals surface area contributed by atoms with E-state index in [9.17, 15) is 18.0 Å². The predicted octanol–water partition coefficient (Wildman–Crippen LogP) is 0.746. The Balaban J connectivity index is 1.52. The molecule has 0 unspecified atom stereocenters. The fourth-order valence-electron chi connectivity index (χ4n) is 3.09. The zero-order valence-electron chi connectivity index (χ0n) is 14.2. The average molecular weight is 387 g/mol. The normalized spacial score (nSPS) is 16.7. The molecule has 1 aromatic heterocycles. The molecule has 0 saturated carbocycles. The second-order valence-corrected chi connectivity index (χ2v) is 8.22. The lowest BCUT2D eigenvalue weighted by atomic mass is 9.97. The second kappa shape index (κ2) is 6.67. The molecule has 0 bridgehead atoms. The fourth-order valence-corrected chi connectivity index (χ4v) is 4.24. The van der Waals surface area contributed by atoms with E-state index in [0.29, 0.717) is 12.1 Å². The number of fused-ring (bicyclic) bond motifs is 2. The first-order valence-corrected chi connectivity index (χ1v) is 9.87. The van der Waals surface area contributed by atoms with Gasteiger partial charge in [-0.3, -0.25) is 9.59 Å². The van der Waals surface area contributed by atoms with Gasteiger partial charge in [0.2, 0.25) is 10.0 Å². The van der Waals surface area contributed by atoms with Crippen molar-refractivity contribution in [2.24, 2.45) is 5.92 Å². The van der Waals surface area contributed by atoms with Crippen molar-refractivity contribution in [3.63, 3.8) is 0 Å². The Labute approximate surface area is 154 Å². The zero-order chi connectivity index (χ0) is 19.0. The molecule has 0 spiro atoms. The molecule has 1 aliphatic heterocycles. The van der Waals surface area contributed by atoms with E-state index in [1.165, 1.54) is 18.2 Å². The van der Waals surface area contributed by atoms with Crippen molar-refractivity contribution in [2.75, 3.05) is 13.2 Å². The number of benzene rings is 2. The van der Waals surface area contributed by atoms with Crippen molar-refractivity contribution in [1.82, 2.24) is 14.7 Å². The van der Waals surface area contributed by atoms with E-state index < -0.39 is 21.1 Å². The van der Waals surface area contributed by atoms with Crippen LogP contribution in [0.3, 0.4) is 0 Å². The Morgan fingerprint density at radius 2 is 1.78 bits per heavy atom. The number of sulfonamides is 1. The van der Waals surface area contributed by atoms with E-state index in [2.05, 4.69) is 14.7 Å². The molecule has 2 aromatic carbocycles. The monoisotopic (exact) mass is 387 g/mol. The van der Waals surface area contributed by atoms with Crippen molar-refractivity contribution in [3.05, 3.63) is 68.7 Å². The summed E-state index contributed by atoms with van der Waals surface area (Å²) in [6, 6.07) is 11.8. The van der Waals surface area contributed by atoms with Crippen LogP contribution in [0.25, 0.3) is 11.0 Å². The van der Waals surface area contributed by atoms with E-state index in [4.69, 9.17) is 4.74 Å². The van der Waals surface area contributed by atoms with Crippen LogP contribution in [0.15, 0.2) is 56.9 Å². The van der Waals surface area contributed by atoms with Gasteiger partial charge in [-0.15, -0.1) is 0 Å². The van der Waals surface area contributed by atoms with Crippen LogP contribution in [0.2, 0.25) is 0 Å². The highest BCUT2D eigenvalue weighted by Crippen LogP contribution is 2.26. The molecule has 8 nitrogen and oxygen atoms in total. The molecule has 2 heterocycles. The van der Waals surface area contributed by atoms with Crippen LogP contribution in [0.1, 0.15) is 5.56 Å². The van der Waals surface area contributed by atoms with Gasteiger partial charge in [-0.1, -0.05) is 18.2 Å². The topological polar surface area (TPSA) is 121 Å². The third-order valence-corrected chi connectivity index (χ3v) is 5.94. The summed E-state index contributed by atoms with van der Waals surface area (Å²) >= 11 is 0. The molecule has 3 N–H and O–H groups in total. The Hall–Kier alpha value is -2.91. The quantitative estimate of drug-likeness (QED) is 0.570. The summed E-state index contributed by atoms with van der Waals surface area (Å²) in [7, 11) is -3.77. The van der Waals surface area contributed by atoms with Crippen molar-refractivity contribution >= 4 is 21.1 Å². The van der Waals surface area contributed by atoms with Crippen molar-refractivity contribution in [2.45, 2.75) is 11.3 Å². The van der Waals surface area contributed by atoms with Crippen LogP contribution >= 0.6 is 0 Å². The summed E-state index contributed by atoms with van der Waals surface area (Å²) in [5.74, 6) is 0.857. The fraction of sp³-hybridized carbons (Fsp3) is 0.222. The van der Waals surface area contributed by atoms with Crippen LogP contribution in [0, 0.1) is 5.92 Å². The van der Waals surface area contributed by atoms with Crippen LogP contribution < -0.4 is 20.6 Å². The van der Waals surface area contributed by atoms with Gasteiger partial charge in [0.25, 0.3) is 0 Å². The highest BCUT2D eigenvalue weighted by atomic mass is 32.2. The predicted molar refractivity (Wildman–Crippen MR) is 99.5 cm³/mol. The van der Waals surface area contributed by atoms with E-state index >= 15 is 0 Å². The van der Waals surface area contributed by atoms with E-state index in [-0.39, 0.29) is 22.9 Å². The van der Waals surface area contributed by atoms with Gasteiger partial charge in [0.05, 0.1) is 22.5 Å². The number of para-hydroxylation sites is 1. The SMILES string of the molecule is O=c1[nH]c2ccc(S(=O)(=O)NC[C@H]3COc4ccccc4C3)cc2[nH]c1=O. The first-order valence-electron chi connectivity index (χ1n) is 8.39. The number of aromatic nitrogens is 2. The van der Waals surface area contributed by atoms with Gasteiger partial charge in [-0.25, -0.2) is 13.1 Å². The number of nitrogens with one attached hydrogen (secondary N) is 3. The van der Waals surface area contributed by atoms with E-state index in [0.717, 1.165) is 17.7 Å².